The molecular formula is C13H12ClIN2. The van der Waals surface area contributed by atoms with E-state index in [2.05, 4.69) is 27.9 Å². The van der Waals surface area contributed by atoms with Crippen molar-refractivity contribution in [3.8, 4) is 0 Å². The first-order valence-corrected chi connectivity index (χ1v) is 6.60. The molecule has 2 rings (SSSR count). The van der Waals surface area contributed by atoms with E-state index in [1.807, 2.05) is 43.3 Å². The van der Waals surface area contributed by atoms with Crippen LogP contribution in [-0.2, 0) is 0 Å². The maximum absolute atomic E-state index is 6.17. The number of nitrogen functional groups attached to an aromatic ring is 1. The second-order valence-electron chi connectivity index (χ2n) is 3.85. The monoisotopic (exact) mass is 358 g/mol. The molecule has 0 aliphatic heterocycles. The van der Waals surface area contributed by atoms with Gasteiger partial charge in [0.2, 0.25) is 0 Å². The highest BCUT2D eigenvalue weighted by atomic mass is 127. The van der Waals surface area contributed by atoms with Crippen LogP contribution in [-0.4, -0.2) is 0 Å². The molecule has 17 heavy (non-hydrogen) atoms. The molecule has 0 saturated carbocycles. The summed E-state index contributed by atoms with van der Waals surface area (Å²) in [5.74, 6) is 0. The van der Waals surface area contributed by atoms with Crippen LogP contribution in [0.1, 0.15) is 5.56 Å². The number of aryl methyl sites for hydroxylation is 1. The second kappa shape index (κ2) is 5.14. The predicted octanol–water partition coefficient (Wildman–Crippen LogP) is 4.58. The average molecular weight is 359 g/mol. The quantitative estimate of drug-likeness (QED) is 0.609. The molecule has 0 atom stereocenters. The number of hydrogen-bond acceptors (Lipinski definition) is 2. The Morgan fingerprint density at radius 1 is 1.12 bits per heavy atom. The number of anilines is 3. The van der Waals surface area contributed by atoms with Gasteiger partial charge in [0.1, 0.15) is 0 Å². The van der Waals surface area contributed by atoms with Crippen molar-refractivity contribution in [2.75, 3.05) is 11.1 Å². The van der Waals surface area contributed by atoms with Gasteiger partial charge in [0.25, 0.3) is 0 Å². The standard InChI is InChI=1S/C13H12ClIN2/c1-8-2-4-12(10(14)6-8)17-13-5-3-9(16)7-11(13)15/h2-7,17H,16H2,1H3. The second-order valence-corrected chi connectivity index (χ2v) is 5.42. The molecule has 0 fully saturated rings. The molecule has 88 valence electrons. The third kappa shape index (κ3) is 3.04. The summed E-state index contributed by atoms with van der Waals surface area (Å²) in [7, 11) is 0. The van der Waals surface area contributed by atoms with E-state index < -0.39 is 0 Å². The van der Waals surface area contributed by atoms with Crippen LogP contribution in [0.15, 0.2) is 36.4 Å². The van der Waals surface area contributed by atoms with Gasteiger partial charge < -0.3 is 11.1 Å². The van der Waals surface area contributed by atoms with E-state index in [1.165, 1.54) is 0 Å². The molecule has 0 heterocycles. The zero-order valence-corrected chi connectivity index (χ0v) is 12.2. The highest BCUT2D eigenvalue weighted by molar-refractivity contribution is 14.1. The van der Waals surface area contributed by atoms with Gasteiger partial charge in [0, 0.05) is 9.26 Å². The third-order valence-corrected chi connectivity index (χ3v) is 3.59. The van der Waals surface area contributed by atoms with Gasteiger partial charge in [0.05, 0.1) is 16.4 Å². The summed E-state index contributed by atoms with van der Waals surface area (Å²) in [4.78, 5) is 0. The molecule has 0 aliphatic carbocycles. The summed E-state index contributed by atoms with van der Waals surface area (Å²) in [5.41, 5.74) is 9.52. The van der Waals surface area contributed by atoms with Crippen molar-refractivity contribution < 1.29 is 0 Å². The van der Waals surface area contributed by atoms with E-state index in [0.29, 0.717) is 0 Å². The lowest BCUT2D eigenvalue weighted by molar-refractivity contribution is 1.45. The van der Waals surface area contributed by atoms with Gasteiger partial charge >= 0.3 is 0 Å². The Labute approximate surface area is 119 Å². The maximum atomic E-state index is 6.17. The Bertz CT molecular complexity index is 506. The average Bonchev–Trinajstić information content (AvgIpc) is 2.25. The molecule has 2 aromatic carbocycles. The summed E-state index contributed by atoms with van der Waals surface area (Å²) in [5, 5.41) is 4.02. The summed E-state index contributed by atoms with van der Waals surface area (Å²) >= 11 is 8.42. The zero-order chi connectivity index (χ0) is 12.4. The molecule has 3 N–H and O–H groups in total. The van der Waals surface area contributed by atoms with Crippen LogP contribution in [0.25, 0.3) is 0 Å². The lowest BCUT2D eigenvalue weighted by atomic mass is 10.2. The van der Waals surface area contributed by atoms with Crippen molar-refractivity contribution in [2.45, 2.75) is 6.92 Å². The number of halogens is 2. The van der Waals surface area contributed by atoms with Gasteiger partial charge in [-0.05, 0) is 65.4 Å². The predicted molar refractivity (Wildman–Crippen MR) is 83.0 cm³/mol. The molecule has 0 aromatic heterocycles. The summed E-state index contributed by atoms with van der Waals surface area (Å²) < 4.78 is 1.07. The van der Waals surface area contributed by atoms with Crippen molar-refractivity contribution in [3.63, 3.8) is 0 Å². The highest BCUT2D eigenvalue weighted by Crippen LogP contribution is 2.29. The van der Waals surface area contributed by atoms with E-state index >= 15 is 0 Å². The minimum absolute atomic E-state index is 0.720. The molecule has 0 spiro atoms. The van der Waals surface area contributed by atoms with Gasteiger partial charge in [-0.1, -0.05) is 17.7 Å². The molecule has 4 heteroatoms. The van der Waals surface area contributed by atoms with Crippen molar-refractivity contribution in [1.82, 2.24) is 0 Å². The van der Waals surface area contributed by atoms with Crippen LogP contribution in [0.4, 0.5) is 17.1 Å². The number of rotatable bonds is 2. The first-order valence-electron chi connectivity index (χ1n) is 5.14. The normalized spacial score (nSPS) is 10.3. The van der Waals surface area contributed by atoms with Crippen LogP contribution in [0, 0.1) is 10.5 Å². The Morgan fingerprint density at radius 3 is 2.47 bits per heavy atom. The molecule has 0 saturated heterocycles. The molecular weight excluding hydrogens is 347 g/mol. The molecule has 0 radical (unpaired) electrons. The van der Waals surface area contributed by atoms with Crippen LogP contribution >= 0.6 is 34.2 Å². The van der Waals surface area contributed by atoms with Gasteiger partial charge in [0.15, 0.2) is 0 Å². The van der Waals surface area contributed by atoms with E-state index in [1.54, 1.807) is 0 Å². The molecule has 0 bridgehead atoms. The number of nitrogens with one attached hydrogen (secondary N) is 1. The number of benzene rings is 2. The summed E-state index contributed by atoms with van der Waals surface area (Å²) in [6.45, 7) is 2.02. The minimum Gasteiger partial charge on any atom is -0.399 e. The van der Waals surface area contributed by atoms with Crippen LogP contribution in [0.2, 0.25) is 5.02 Å². The maximum Gasteiger partial charge on any atom is 0.0643 e. The largest absolute Gasteiger partial charge is 0.399 e. The van der Waals surface area contributed by atoms with Crippen LogP contribution in [0.5, 0.6) is 0 Å². The molecule has 2 aromatic rings. The van der Waals surface area contributed by atoms with E-state index in [4.69, 9.17) is 17.3 Å². The first kappa shape index (κ1) is 12.5. The zero-order valence-electron chi connectivity index (χ0n) is 9.30. The third-order valence-electron chi connectivity index (χ3n) is 2.39. The van der Waals surface area contributed by atoms with Crippen molar-refractivity contribution in [2.24, 2.45) is 0 Å². The Morgan fingerprint density at radius 2 is 1.82 bits per heavy atom. The smallest absolute Gasteiger partial charge is 0.0643 e. The van der Waals surface area contributed by atoms with Crippen LogP contribution < -0.4 is 11.1 Å². The minimum atomic E-state index is 0.720. The van der Waals surface area contributed by atoms with E-state index in [9.17, 15) is 0 Å². The number of hydrogen-bond donors (Lipinski definition) is 2. The lowest BCUT2D eigenvalue weighted by Crippen LogP contribution is -1.95. The number of nitrogens with two attached hydrogens (primary N) is 1. The van der Waals surface area contributed by atoms with Crippen molar-refractivity contribution in [1.29, 1.82) is 0 Å². The fourth-order valence-corrected chi connectivity index (χ4v) is 2.46. The highest BCUT2D eigenvalue weighted by Gasteiger charge is 2.04. The summed E-state index contributed by atoms with van der Waals surface area (Å²) in [6.07, 6.45) is 0. The topological polar surface area (TPSA) is 38.0 Å². The fourth-order valence-electron chi connectivity index (χ4n) is 1.50. The van der Waals surface area contributed by atoms with E-state index in [0.717, 1.165) is 31.2 Å². The fraction of sp³-hybridized carbons (Fsp3) is 0.0769. The Balaban J connectivity index is 2.31. The SMILES string of the molecule is Cc1ccc(Nc2ccc(N)cc2I)c(Cl)c1. The van der Waals surface area contributed by atoms with Crippen molar-refractivity contribution >= 4 is 51.3 Å². The molecule has 0 unspecified atom stereocenters. The van der Waals surface area contributed by atoms with Gasteiger partial charge in [-0.3, -0.25) is 0 Å². The molecule has 2 nitrogen and oxygen atoms in total. The van der Waals surface area contributed by atoms with Gasteiger partial charge in [-0.2, -0.15) is 0 Å². The molecule has 0 aliphatic rings. The van der Waals surface area contributed by atoms with Gasteiger partial charge in [-0.25, -0.2) is 0 Å². The molecule has 0 amide bonds. The van der Waals surface area contributed by atoms with Gasteiger partial charge in [-0.15, -0.1) is 0 Å². The van der Waals surface area contributed by atoms with Crippen LogP contribution in [0.3, 0.4) is 0 Å². The Hall–Kier alpha value is -0.940. The van der Waals surface area contributed by atoms with Crippen molar-refractivity contribution in [3.05, 3.63) is 50.6 Å². The first-order chi connectivity index (χ1) is 8.06. The lowest BCUT2D eigenvalue weighted by Gasteiger charge is -2.11. The Kier molecular flexibility index (Phi) is 3.79. The van der Waals surface area contributed by atoms with E-state index in [-0.39, 0.29) is 0 Å². The summed E-state index contributed by atoms with van der Waals surface area (Å²) in [6, 6.07) is 11.7.